The van der Waals surface area contributed by atoms with Crippen molar-refractivity contribution < 1.29 is 14.5 Å². The maximum Gasteiger partial charge on any atom is 0.342 e. The third kappa shape index (κ3) is 2.73. The van der Waals surface area contributed by atoms with E-state index in [1.54, 1.807) is 0 Å². The minimum atomic E-state index is -0.717. The fourth-order valence-corrected chi connectivity index (χ4v) is 4.83. The van der Waals surface area contributed by atoms with E-state index in [0.29, 0.717) is 11.5 Å². The van der Waals surface area contributed by atoms with Crippen molar-refractivity contribution >= 4 is 11.7 Å². The van der Waals surface area contributed by atoms with Crippen LogP contribution < -0.4 is 0 Å². The van der Waals surface area contributed by atoms with Crippen molar-refractivity contribution in [3.8, 4) is 0 Å². The molecule has 4 aliphatic rings. The first-order valence-corrected chi connectivity index (χ1v) is 9.28. The summed E-state index contributed by atoms with van der Waals surface area (Å²) >= 11 is 0. The van der Waals surface area contributed by atoms with Crippen molar-refractivity contribution in [2.75, 3.05) is 26.2 Å². The SMILES string of the molecule is O=C(O)C1=C2C=C(N3CCCC3)CCC2CCC1=[N+]1CCCC1. The van der Waals surface area contributed by atoms with Crippen LogP contribution in [0, 0.1) is 5.92 Å². The van der Waals surface area contributed by atoms with E-state index in [4.69, 9.17) is 0 Å². The van der Waals surface area contributed by atoms with Gasteiger partial charge in [-0.1, -0.05) is 0 Å². The zero-order valence-electron chi connectivity index (χ0n) is 13.9. The van der Waals surface area contributed by atoms with Gasteiger partial charge < -0.3 is 10.0 Å². The highest BCUT2D eigenvalue weighted by Gasteiger charge is 2.38. The Morgan fingerprint density at radius 2 is 1.78 bits per heavy atom. The molecular formula is C19H27N2O2+. The molecule has 2 aliphatic heterocycles. The summed E-state index contributed by atoms with van der Waals surface area (Å²) in [6.07, 6.45) is 11.5. The van der Waals surface area contributed by atoms with Crippen LogP contribution in [0.3, 0.4) is 0 Å². The summed E-state index contributed by atoms with van der Waals surface area (Å²) in [5.74, 6) is -0.260. The average Bonchev–Trinajstić information content (AvgIpc) is 3.26. The second-order valence-corrected chi connectivity index (χ2v) is 7.38. The van der Waals surface area contributed by atoms with Crippen LogP contribution >= 0.6 is 0 Å². The van der Waals surface area contributed by atoms with Crippen molar-refractivity contribution in [3.63, 3.8) is 0 Å². The van der Waals surface area contributed by atoms with Gasteiger partial charge in [-0.25, -0.2) is 9.37 Å². The van der Waals surface area contributed by atoms with E-state index in [0.717, 1.165) is 63.1 Å². The molecule has 0 aromatic rings. The van der Waals surface area contributed by atoms with Crippen molar-refractivity contribution in [1.29, 1.82) is 0 Å². The van der Waals surface area contributed by atoms with E-state index in [1.165, 1.54) is 31.4 Å². The third-order valence-electron chi connectivity index (χ3n) is 6.03. The van der Waals surface area contributed by atoms with Gasteiger partial charge in [0, 0.05) is 38.0 Å². The molecule has 2 aliphatic carbocycles. The first kappa shape index (κ1) is 15.0. The van der Waals surface area contributed by atoms with E-state index >= 15 is 0 Å². The van der Waals surface area contributed by atoms with E-state index in [-0.39, 0.29) is 0 Å². The number of likely N-dealkylation sites (tertiary alicyclic amines) is 1. The van der Waals surface area contributed by atoms with E-state index in [2.05, 4.69) is 15.6 Å². The lowest BCUT2D eigenvalue weighted by Gasteiger charge is -2.33. The Balaban J connectivity index is 1.78. The molecule has 4 nitrogen and oxygen atoms in total. The van der Waals surface area contributed by atoms with Gasteiger partial charge in [-0.3, -0.25) is 0 Å². The monoisotopic (exact) mass is 315 g/mol. The number of fused-ring (bicyclic) bond motifs is 1. The molecular weight excluding hydrogens is 288 g/mol. The molecule has 1 unspecified atom stereocenters. The lowest BCUT2D eigenvalue weighted by atomic mass is 9.75. The quantitative estimate of drug-likeness (QED) is 0.797. The minimum absolute atomic E-state index is 0.457. The second kappa shape index (κ2) is 6.14. The molecule has 0 spiro atoms. The smallest absolute Gasteiger partial charge is 0.342 e. The maximum absolute atomic E-state index is 12.1. The highest BCUT2D eigenvalue weighted by Crippen LogP contribution is 2.39. The molecule has 2 saturated heterocycles. The van der Waals surface area contributed by atoms with Gasteiger partial charge in [-0.15, -0.1) is 0 Å². The summed E-state index contributed by atoms with van der Waals surface area (Å²) in [5.41, 5.74) is 4.26. The molecule has 4 heteroatoms. The van der Waals surface area contributed by atoms with Crippen molar-refractivity contribution in [2.45, 2.75) is 51.4 Å². The molecule has 23 heavy (non-hydrogen) atoms. The van der Waals surface area contributed by atoms with Crippen LogP contribution in [0.15, 0.2) is 22.9 Å². The Morgan fingerprint density at radius 1 is 1.09 bits per heavy atom. The number of carboxylic acid groups (broad SMARTS) is 1. The normalized spacial score (nSPS) is 28.3. The number of carboxylic acids is 1. The Hall–Kier alpha value is -1.58. The van der Waals surface area contributed by atoms with E-state index in [1.807, 2.05) is 0 Å². The van der Waals surface area contributed by atoms with Gasteiger partial charge in [0.2, 0.25) is 0 Å². The molecule has 0 radical (unpaired) electrons. The van der Waals surface area contributed by atoms with Gasteiger partial charge in [0.25, 0.3) is 0 Å². The Kier molecular flexibility index (Phi) is 4.00. The number of nitrogens with zero attached hydrogens (tertiary/aromatic N) is 2. The molecule has 0 saturated carbocycles. The van der Waals surface area contributed by atoms with Crippen LogP contribution in [0.2, 0.25) is 0 Å². The van der Waals surface area contributed by atoms with Crippen molar-refractivity contribution in [3.05, 3.63) is 22.9 Å². The number of hydrogen-bond acceptors (Lipinski definition) is 2. The van der Waals surface area contributed by atoms with Crippen LogP contribution in [0.4, 0.5) is 0 Å². The van der Waals surface area contributed by atoms with Crippen LogP contribution in [-0.2, 0) is 4.79 Å². The summed E-state index contributed by atoms with van der Waals surface area (Å²) < 4.78 is 2.34. The zero-order valence-corrected chi connectivity index (χ0v) is 13.9. The number of hydrogen-bond donors (Lipinski definition) is 1. The van der Waals surface area contributed by atoms with E-state index in [9.17, 15) is 9.90 Å². The topological polar surface area (TPSA) is 43.5 Å². The van der Waals surface area contributed by atoms with Crippen LogP contribution in [0.25, 0.3) is 0 Å². The molecule has 1 N–H and O–H groups in total. The Bertz CT molecular complexity index is 601. The fourth-order valence-electron chi connectivity index (χ4n) is 4.83. The molecule has 2 fully saturated rings. The lowest BCUT2D eigenvalue weighted by molar-refractivity contribution is -0.506. The summed E-state index contributed by atoms with van der Waals surface area (Å²) in [4.78, 5) is 14.5. The van der Waals surface area contributed by atoms with Gasteiger partial charge >= 0.3 is 5.97 Å². The van der Waals surface area contributed by atoms with Gasteiger partial charge in [-0.05, 0) is 49.7 Å². The first-order valence-electron chi connectivity index (χ1n) is 9.28. The predicted molar refractivity (Wildman–Crippen MR) is 89.7 cm³/mol. The zero-order chi connectivity index (χ0) is 15.8. The molecule has 124 valence electrons. The van der Waals surface area contributed by atoms with E-state index < -0.39 is 5.97 Å². The van der Waals surface area contributed by atoms with Crippen LogP contribution in [0.1, 0.15) is 51.4 Å². The average molecular weight is 315 g/mol. The number of carbonyl (C=O) groups is 1. The van der Waals surface area contributed by atoms with Gasteiger partial charge in [-0.2, -0.15) is 0 Å². The maximum atomic E-state index is 12.1. The van der Waals surface area contributed by atoms with Crippen molar-refractivity contribution in [2.24, 2.45) is 5.92 Å². The second-order valence-electron chi connectivity index (χ2n) is 7.38. The Labute approximate surface area is 138 Å². The molecule has 2 heterocycles. The van der Waals surface area contributed by atoms with Gasteiger partial charge in [0.15, 0.2) is 5.71 Å². The van der Waals surface area contributed by atoms with Crippen molar-refractivity contribution in [1.82, 2.24) is 4.90 Å². The van der Waals surface area contributed by atoms with Crippen LogP contribution in [-0.4, -0.2) is 52.4 Å². The molecule has 0 aromatic heterocycles. The number of aliphatic carboxylic acids is 1. The highest BCUT2D eigenvalue weighted by atomic mass is 16.4. The molecule has 0 bridgehead atoms. The molecule has 1 atom stereocenters. The number of allylic oxidation sites excluding steroid dienone is 3. The summed E-state index contributed by atoms with van der Waals surface area (Å²) in [5, 5.41) is 9.91. The highest BCUT2D eigenvalue weighted by molar-refractivity contribution is 6.18. The summed E-state index contributed by atoms with van der Waals surface area (Å²) in [6.45, 7) is 4.36. The largest absolute Gasteiger partial charge is 0.477 e. The lowest BCUT2D eigenvalue weighted by Crippen LogP contribution is -2.33. The molecule has 0 amide bonds. The third-order valence-corrected chi connectivity index (χ3v) is 6.03. The molecule has 4 rings (SSSR count). The standard InChI is InChI=1S/C19H26N2O2/c22-19(23)18-16-13-15(20-9-1-2-10-20)7-5-14(16)6-8-17(18)21-11-3-4-12-21/h13-14H,1-12H2/p+1. The minimum Gasteiger partial charge on any atom is -0.477 e. The fraction of sp³-hybridized carbons (Fsp3) is 0.684. The first-order chi connectivity index (χ1) is 11.2. The van der Waals surface area contributed by atoms with Gasteiger partial charge in [0.05, 0.1) is 0 Å². The summed E-state index contributed by atoms with van der Waals surface area (Å²) in [6, 6.07) is 0. The Morgan fingerprint density at radius 3 is 2.48 bits per heavy atom. The van der Waals surface area contributed by atoms with Crippen LogP contribution in [0.5, 0.6) is 0 Å². The van der Waals surface area contributed by atoms with Gasteiger partial charge in [0.1, 0.15) is 18.7 Å². The number of rotatable bonds is 2. The molecule has 0 aromatic carbocycles. The summed E-state index contributed by atoms with van der Waals surface area (Å²) in [7, 11) is 0. The predicted octanol–water partition coefficient (Wildman–Crippen LogP) is 2.80.